The fraction of sp³-hybridized carbons (Fsp3) is 0.556. The molecule has 1 fully saturated rings. The van der Waals surface area contributed by atoms with Crippen LogP contribution in [-0.2, 0) is 16.0 Å². The van der Waals surface area contributed by atoms with Crippen molar-refractivity contribution in [1.29, 1.82) is 0 Å². The predicted octanol–water partition coefficient (Wildman–Crippen LogP) is 2.10. The van der Waals surface area contributed by atoms with Gasteiger partial charge in [0.2, 0.25) is 11.8 Å². The molecule has 0 aliphatic carbocycles. The molecular weight excluding hydrogens is 292 g/mol. The number of amides is 2. The third-order valence-electron chi connectivity index (χ3n) is 4.18. The number of ether oxygens (including phenoxy) is 1. The van der Waals surface area contributed by atoms with Crippen LogP contribution in [0.5, 0.6) is 5.75 Å². The summed E-state index contributed by atoms with van der Waals surface area (Å²) in [4.78, 5) is 28.2. The van der Waals surface area contributed by atoms with Crippen LogP contribution in [0.25, 0.3) is 0 Å². The smallest absolute Gasteiger partial charge is 0.227 e. The Balaban J connectivity index is 1.88. The monoisotopic (exact) mass is 318 g/mol. The van der Waals surface area contributed by atoms with E-state index in [1.54, 1.807) is 7.11 Å². The van der Waals surface area contributed by atoms with E-state index in [0.717, 1.165) is 37.2 Å². The lowest BCUT2D eigenvalue weighted by atomic mass is 10.1. The second kappa shape index (κ2) is 8.56. The molecule has 1 aliphatic rings. The molecule has 5 heteroatoms. The molecule has 126 valence electrons. The van der Waals surface area contributed by atoms with Crippen LogP contribution in [0.3, 0.4) is 0 Å². The van der Waals surface area contributed by atoms with Crippen molar-refractivity contribution < 1.29 is 14.3 Å². The minimum atomic E-state index is 0.125. The zero-order chi connectivity index (χ0) is 16.7. The van der Waals surface area contributed by atoms with Crippen LogP contribution in [0.4, 0.5) is 0 Å². The third-order valence-corrected chi connectivity index (χ3v) is 4.18. The Morgan fingerprint density at radius 1 is 1.00 bits per heavy atom. The minimum absolute atomic E-state index is 0.125. The molecule has 1 aromatic carbocycles. The van der Waals surface area contributed by atoms with Gasteiger partial charge in [0.15, 0.2) is 0 Å². The maximum absolute atomic E-state index is 12.5. The third kappa shape index (κ3) is 4.98. The summed E-state index contributed by atoms with van der Waals surface area (Å²) in [7, 11) is 1.63. The minimum Gasteiger partial charge on any atom is -0.497 e. The molecule has 1 aliphatic heterocycles. The van der Waals surface area contributed by atoms with Crippen molar-refractivity contribution in [3.63, 3.8) is 0 Å². The lowest BCUT2D eigenvalue weighted by Crippen LogP contribution is -2.37. The second-order valence-electron chi connectivity index (χ2n) is 5.89. The van der Waals surface area contributed by atoms with E-state index in [-0.39, 0.29) is 11.8 Å². The van der Waals surface area contributed by atoms with E-state index in [1.165, 1.54) is 0 Å². The van der Waals surface area contributed by atoms with Crippen molar-refractivity contribution in [2.45, 2.75) is 32.6 Å². The van der Waals surface area contributed by atoms with Gasteiger partial charge in [-0.05, 0) is 30.5 Å². The molecule has 0 radical (unpaired) electrons. The summed E-state index contributed by atoms with van der Waals surface area (Å²) < 4.78 is 5.13. The van der Waals surface area contributed by atoms with Gasteiger partial charge in [0.25, 0.3) is 0 Å². The first-order valence-electron chi connectivity index (χ1n) is 8.32. The summed E-state index contributed by atoms with van der Waals surface area (Å²) in [5.74, 6) is 1.12. The number of methoxy groups -OCH3 is 1. The Morgan fingerprint density at radius 3 is 2.17 bits per heavy atom. The fourth-order valence-corrected chi connectivity index (χ4v) is 2.82. The van der Waals surface area contributed by atoms with E-state index in [0.29, 0.717) is 25.9 Å². The van der Waals surface area contributed by atoms with Crippen molar-refractivity contribution in [3.05, 3.63) is 29.8 Å². The van der Waals surface area contributed by atoms with Gasteiger partial charge in [0, 0.05) is 32.6 Å². The topological polar surface area (TPSA) is 49.9 Å². The molecule has 0 saturated carbocycles. The van der Waals surface area contributed by atoms with E-state index in [9.17, 15) is 9.59 Å². The molecule has 5 nitrogen and oxygen atoms in total. The lowest BCUT2D eigenvalue weighted by Gasteiger charge is -2.22. The van der Waals surface area contributed by atoms with Crippen LogP contribution < -0.4 is 4.74 Å². The summed E-state index contributed by atoms with van der Waals surface area (Å²) in [5.41, 5.74) is 0.985. The highest BCUT2D eigenvalue weighted by Crippen LogP contribution is 2.13. The van der Waals surface area contributed by atoms with Gasteiger partial charge in [-0.25, -0.2) is 0 Å². The zero-order valence-electron chi connectivity index (χ0n) is 14.1. The van der Waals surface area contributed by atoms with Gasteiger partial charge in [-0.3, -0.25) is 9.59 Å². The largest absolute Gasteiger partial charge is 0.497 e. The van der Waals surface area contributed by atoms with E-state index in [2.05, 4.69) is 0 Å². The Morgan fingerprint density at radius 2 is 1.61 bits per heavy atom. The molecule has 2 rings (SSSR count). The van der Waals surface area contributed by atoms with Gasteiger partial charge >= 0.3 is 0 Å². The molecule has 2 amide bonds. The van der Waals surface area contributed by atoms with Crippen molar-refractivity contribution in [2.75, 3.05) is 33.3 Å². The van der Waals surface area contributed by atoms with Gasteiger partial charge in [-0.1, -0.05) is 19.1 Å². The maximum Gasteiger partial charge on any atom is 0.227 e. The molecule has 1 aromatic rings. The number of carbonyl (C=O) groups excluding carboxylic acids is 2. The van der Waals surface area contributed by atoms with Crippen molar-refractivity contribution in [3.8, 4) is 5.75 Å². The summed E-state index contributed by atoms with van der Waals surface area (Å²) in [5, 5.41) is 0. The highest BCUT2D eigenvalue weighted by atomic mass is 16.5. The SMILES string of the molecule is CCCC(=O)N1CCCN(C(=O)Cc2ccc(OC)cc2)CC1. The fourth-order valence-electron chi connectivity index (χ4n) is 2.82. The number of carbonyl (C=O) groups is 2. The van der Waals surface area contributed by atoms with Gasteiger partial charge in [-0.15, -0.1) is 0 Å². The van der Waals surface area contributed by atoms with Crippen LogP contribution in [0.15, 0.2) is 24.3 Å². The standard InChI is InChI=1S/C18H26N2O3/c1-3-5-17(21)19-10-4-11-20(13-12-19)18(22)14-15-6-8-16(23-2)9-7-15/h6-9H,3-5,10-14H2,1-2H3. The normalized spacial score (nSPS) is 15.2. The van der Waals surface area contributed by atoms with Crippen LogP contribution in [0.1, 0.15) is 31.7 Å². The first kappa shape index (κ1) is 17.3. The first-order valence-corrected chi connectivity index (χ1v) is 8.32. The number of hydrogen-bond acceptors (Lipinski definition) is 3. The summed E-state index contributed by atoms with van der Waals surface area (Å²) in [6.07, 6.45) is 2.71. The maximum atomic E-state index is 12.5. The molecule has 0 spiro atoms. The molecule has 1 saturated heterocycles. The molecule has 23 heavy (non-hydrogen) atoms. The van der Waals surface area contributed by atoms with Gasteiger partial charge in [0.1, 0.15) is 5.75 Å². The lowest BCUT2D eigenvalue weighted by molar-refractivity contribution is -0.133. The second-order valence-corrected chi connectivity index (χ2v) is 5.89. The van der Waals surface area contributed by atoms with E-state index in [4.69, 9.17) is 4.74 Å². The predicted molar refractivity (Wildman–Crippen MR) is 89.4 cm³/mol. The van der Waals surface area contributed by atoms with Crippen molar-refractivity contribution >= 4 is 11.8 Å². The van der Waals surface area contributed by atoms with Gasteiger partial charge < -0.3 is 14.5 Å². The average Bonchev–Trinajstić information content (AvgIpc) is 2.82. The molecule has 0 N–H and O–H groups in total. The Kier molecular flexibility index (Phi) is 6.44. The molecular formula is C18H26N2O3. The Hall–Kier alpha value is -2.04. The molecule has 0 aromatic heterocycles. The quantitative estimate of drug-likeness (QED) is 0.835. The molecule has 1 heterocycles. The van der Waals surface area contributed by atoms with Crippen LogP contribution in [0.2, 0.25) is 0 Å². The van der Waals surface area contributed by atoms with Crippen molar-refractivity contribution in [1.82, 2.24) is 9.80 Å². The molecule has 0 bridgehead atoms. The Bertz CT molecular complexity index is 528. The first-order chi connectivity index (χ1) is 11.1. The van der Waals surface area contributed by atoms with E-state index >= 15 is 0 Å². The number of nitrogens with zero attached hydrogens (tertiary/aromatic N) is 2. The van der Waals surface area contributed by atoms with Gasteiger partial charge in [0.05, 0.1) is 13.5 Å². The molecule has 0 atom stereocenters. The number of rotatable bonds is 5. The van der Waals surface area contributed by atoms with Crippen LogP contribution >= 0.6 is 0 Å². The summed E-state index contributed by atoms with van der Waals surface area (Å²) in [6.45, 7) is 4.77. The van der Waals surface area contributed by atoms with Crippen LogP contribution in [0, 0.1) is 0 Å². The van der Waals surface area contributed by atoms with Crippen molar-refractivity contribution in [2.24, 2.45) is 0 Å². The highest BCUT2D eigenvalue weighted by molar-refractivity contribution is 5.79. The van der Waals surface area contributed by atoms with Gasteiger partial charge in [-0.2, -0.15) is 0 Å². The number of hydrogen-bond donors (Lipinski definition) is 0. The highest BCUT2D eigenvalue weighted by Gasteiger charge is 2.21. The average molecular weight is 318 g/mol. The summed E-state index contributed by atoms with van der Waals surface area (Å²) in [6, 6.07) is 7.59. The van der Waals surface area contributed by atoms with E-state index < -0.39 is 0 Å². The summed E-state index contributed by atoms with van der Waals surface area (Å²) >= 11 is 0. The van der Waals surface area contributed by atoms with E-state index in [1.807, 2.05) is 41.0 Å². The Labute approximate surface area is 138 Å². The number of benzene rings is 1. The molecule has 0 unspecified atom stereocenters. The zero-order valence-corrected chi connectivity index (χ0v) is 14.1. The van der Waals surface area contributed by atoms with Crippen LogP contribution in [-0.4, -0.2) is 54.9 Å².